The molecule has 1 aromatic rings. The first-order valence-corrected chi connectivity index (χ1v) is 3.41. The third-order valence-electron chi connectivity index (χ3n) is 1.46. The van der Waals surface area contributed by atoms with E-state index in [0.717, 1.165) is 11.1 Å². The van der Waals surface area contributed by atoms with Gasteiger partial charge in [-0.2, -0.15) is 5.54 Å². The monoisotopic (exact) mass is 151 g/mol. The van der Waals surface area contributed by atoms with Gasteiger partial charge in [0.05, 0.1) is 6.54 Å². The van der Waals surface area contributed by atoms with Crippen molar-refractivity contribution < 1.29 is 4.48 Å². The Morgan fingerprint density at radius 1 is 1.55 bits per heavy atom. The summed E-state index contributed by atoms with van der Waals surface area (Å²) in [5.74, 6) is 0. The van der Waals surface area contributed by atoms with Gasteiger partial charge in [-0.3, -0.25) is 0 Å². The molecule has 0 saturated heterocycles. The van der Waals surface area contributed by atoms with Crippen molar-refractivity contribution in [2.24, 2.45) is 0 Å². The molecule has 0 radical (unpaired) electrons. The molecular weight excluding hydrogens is 141 g/mol. The molecule has 1 N–H and O–H groups in total. The number of rotatable bonds is 3. The van der Waals surface area contributed by atoms with Crippen molar-refractivity contribution in [1.82, 2.24) is 5.54 Å². The molecule has 11 heavy (non-hydrogen) atoms. The minimum absolute atomic E-state index is 0.252. The summed E-state index contributed by atoms with van der Waals surface area (Å²) in [4.78, 5) is 0. The van der Waals surface area contributed by atoms with Crippen molar-refractivity contribution in [3.63, 3.8) is 0 Å². The molecule has 1 nitrogen and oxygen atoms in total. The molecule has 0 atom stereocenters. The van der Waals surface area contributed by atoms with Crippen LogP contribution < -0.4 is 5.54 Å². The minimum Gasteiger partial charge on any atom is -0.155 e. The lowest BCUT2D eigenvalue weighted by Crippen LogP contribution is -1.99. The van der Waals surface area contributed by atoms with Crippen molar-refractivity contribution in [3.8, 4) is 0 Å². The molecule has 0 unspecified atom stereocenters. The van der Waals surface area contributed by atoms with Gasteiger partial charge < -0.3 is 0 Å². The van der Waals surface area contributed by atoms with Gasteiger partial charge in [0.1, 0.15) is 0 Å². The Kier molecular flexibility index (Phi) is 2.81. The molecule has 2 heteroatoms. The lowest BCUT2D eigenvalue weighted by atomic mass is 10.1. The molecule has 0 aromatic heterocycles. The Hall–Kier alpha value is -1.15. The molecule has 0 aliphatic heterocycles. The lowest BCUT2D eigenvalue weighted by molar-refractivity contribution is 0.330. The normalized spacial score (nSPS) is 9.55. The van der Waals surface area contributed by atoms with Gasteiger partial charge in [0.25, 0.3) is 0 Å². The zero-order valence-electron chi connectivity index (χ0n) is 6.18. The van der Waals surface area contributed by atoms with E-state index < -0.39 is 0 Å². The molecule has 0 amide bonds. The maximum absolute atomic E-state index is 11.6. The van der Waals surface area contributed by atoms with E-state index in [1.54, 1.807) is 11.6 Å². The summed E-state index contributed by atoms with van der Waals surface area (Å²) in [5, 5.41) is 0. The van der Waals surface area contributed by atoms with Crippen molar-refractivity contribution in [1.29, 1.82) is 0 Å². The van der Waals surface area contributed by atoms with Gasteiger partial charge in [0.2, 0.25) is 0 Å². The third kappa shape index (κ3) is 2.16. The fourth-order valence-corrected chi connectivity index (χ4v) is 0.907. The smallest absolute Gasteiger partial charge is 0.0510 e. The fourth-order valence-electron chi connectivity index (χ4n) is 0.907. The van der Waals surface area contributed by atoms with E-state index in [9.17, 15) is 4.48 Å². The van der Waals surface area contributed by atoms with Crippen LogP contribution in [0.25, 0.3) is 6.08 Å². The van der Waals surface area contributed by atoms with Crippen LogP contribution in [0.5, 0.6) is 0 Å². The number of hydrogen-bond donors (Lipinski definition) is 1. The maximum Gasteiger partial charge on any atom is 0.0510 e. The number of hydrogen-bond acceptors (Lipinski definition) is 1. The third-order valence-corrected chi connectivity index (χ3v) is 1.46. The van der Waals surface area contributed by atoms with Gasteiger partial charge in [-0.1, -0.05) is 36.9 Å². The first-order valence-electron chi connectivity index (χ1n) is 3.41. The number of halogens is 1. The Bertz CT molecular complexity index is 245. The second-order valence-electron chi connectivity index (χ2n) is 2.26. The summed E-state index contributed by atoms with van der Waals surface area (Å²) in [6, 6.07) is 7.55. The average molecular weight is 151 g/mol. The SMILES string of the molecule is C=Cc1cccc(CNF)c1. The van der Waals surface area contributed by atoms with Crippen LogP contribution in [-0.2, 0) is 6.54 Å². The molecule has 0 aliphatic rings. The summed E-state index contributed by atoms with van der Waals surface area (Å²) in [5.41, 5.74) is 3.53. The molecule has 1 aromatic carbocycles. The molecule has 0 spiro atoms. The van der Waals surface area contributed by atoms with Gasteiger partial charge in [-0.25, -0.2) is 0 Å². The van der Waals surface area contributed by atoms with Gasteiger partial charge >= 0.3 is 0 Å². The Morgan fingerprint density at radius 3 is 3.00 bits per heavy atom. The quantitative estimate of drug-likeness (QED) is 0.653. The van der Waals surface area contributed by atoms with Crippen LogP contribution in [0.3, 0.4) is 0 Å². The predicted octanol–water partition coefficient (Wildman–Crippen LogP) is 2.30. The van der Waals surface area contributed by atoms with Crippen LogP contribution in [0.2, 0.25) is 0 Å². The largest absolute Gasteiger partial charge is 0.155 e. The Balaban J connectivity index is 2.82. The van der Waals surface area contributed by atoms with E-state index in [0.29, 0.717) is 0 Å². The summed E-state index contributed by atoms with van der Waals surface area (Å²) < 4.78 is 11.6. The highest BCUT2D eigenvalue weighted by atomic mass is 19.2. The number of nitrogens with one attached hydrogen (secondary N) is 1. The van der Waals surface area contributed by atoms with Gasteiger partial charge in [-0.15, -0.1) is 4.48 Å². The zero-order valence-corrected chi connectivity index (χ0v) is 6.18. The zero-order chi connectivity index (χ0) is 8.10. The molecule has 0 aliphatic carbocycles. The molecule has 0 saturated carbocycles. The second-order valence-corrected chi connectivity index (χ2v) is 2.26. The van der Waals surface area contributed by atoms with Crippen molar-refractivity contribution in [2.45, 2.75) is 6.54 Å². The highest BCUT2D eigenvalue weighted by Crippen LogP contribution is 2.05. The average Bonchev–Trinajstić information content (AvgIpc) is 2.06. The minimum atomic E-state index is 0.252. The van der Waals surface area contributed by atoms with Crippen LogP contribution >= 0.6 is 0 Å². The standard InChI is InChI=1S/C9H10FN/c1-2-8-4-3-5-9(6-8)7-11-10/h2-6,11H,1,7H2. The first kappa shape index (κ1) is 7.95. The second kappa shape index (κ2) is 3.88. The van der Waals surface area contributed by atoms with E-state index in [1.165, 1.54) is 0 Å². The van der Waals surface area contributed by atoms with E-state index in [4.69, 9.17) is 0 Å². The van der Waals surface area contributed by atoms with Crippen LogP contribution in [-0.4, -0.2) is 0 Å². The van der Waals surface area contributed by atoms with E-state index in [-0.39, 0.29) is 6.54 Å². The molecule has 0 bridgehead atoms. The van der Waals surface area contributed by atoms with Crippen LogP contribution in [0.4, 0.5) is 4.48 Å². The predicted molar refractivity (Wildman–Crippen MR) is 44.5 cm³/mol. The maximum atomic E-state index is 11.6. The van der Waals surface area contributed by atoms with E-state index in [1.807, 2.05) is 24.3 Å². The first-order chi connectivity index (χ1) is 5.36. The topological polar surface area (TPSA) is 12.0 Å². The van der Waals surface area contributed by atoms with Gasteiger partial charge in [-0.05, 0) is 11.1 Å². The van der Waals surface area contributed by atoms with Gasteiger partial charge in [0.15, 0.2) is 0 Å². The van der Waals surface area contributed by atoms with Crippen LogP contribution in [0, 0.1) is 0 Å². The number of benzene rings is 1. The molecule has 1 rings (SSSR count). The van der Waals surface area contributed by atoms with Crippen molar-refractivity contribution >= 4 is 6.08 Å². The molecular formula is C9H10FN. The molecule has 0 heterocycles. The molecule has 58 valence electrons. The van der Waals surface area contributed by atoms with E-state index in [2.05, 4.69) is 6.58 Å². The molecule has 0 fully saturated rings. The highest BCUT2D eigenvalue weighted by Gasteiger charge is 1.91. The van der Waals surface area contributed by atoms with Crippen LogP contribution in [0.15, 0.2) is 30.8 Å². The highest BCUT2D eigenvalue weighted by molar-refractivity contribution is 5.47. The van der Waals surface area contributed by atoms with E-state index >= 15 is 0 Å². The summed E-state index contributed by atoms with van der Waals surface area (Å²) >= 11 is 0. The van der Waals surface area contributed by atoms with Gasteiger partial charge in [0, 0.05) is 0 Å². The van der Waals surface area contributed by atoms with Crippen molar-refractivity contribution in [3.05, 3.63) is 42.0 Å². The fraction of sp³-hybridized carbons (Fsp3) is 0.111. The lowest BCUT2D eigenvalue weighted by Gasteiger charge is -1.98. The summed E-state index contributed by atoms with van der Waals surface area (Å²) in [6.45, 7) is 3.87. The van der Waals surface area contributed by atoms with Crippen LogP contribution in [0.1, 0.15) is 11.1 Å². The van der Waals surface area contributed by atoms with Crippen molar-refractivity contribution in [2.75, 3.05) is 0 Å². The Labute approximate surface area is 65.5 Å². The Morgan fingerprint density at radius 2 is 2.36 bits per heavy atom. The summed E-state index contributed by atoms with van der Waals surface area (Å²) in [7, 11) is 0. The summed E-state index contributed by atoms with van der Waals surface area (Å²) in [6.07, 6.45) is 1.74.